The predicted molar refractivity (Wildman–Crippen MR) is 211 cm³/mol. The third kappa shape index (κ3) is 8.97. The average Bonchev–Trinajstić information content (AvgIpc) is 3.19. The number of benzene rings is 7. The van der Waals surface area contributed by atoms with Crippen LogP contribution >= 0.6 is 0 Å². The summed E-state index contributed by atoms with van der Waals surface area (Å²) >= 11 is 0. The van der Waals surface area contributed by atoms with Gasteiger partial charge in [-0.15, -0.1) is 0 Å². The van der Waals surface area contributed by atoms with Gasteiger partial charge in [0, 0.05) is 6.07 Å². The van der Waals surface area contributed by atoms with Crippen LogP contribution in [0, 0.1) is 13.8 Å². The molecule has 0 radical (unpaired) electrons. The number of halogens is 6. The molecule has 4 nitrogen and oxygen atoms in total. The lowest BCUT2D eigenvalue weighted by Crippen LogP contribution is -2.54. The zero-order valence-corrected chi connectivity index (χ0v) is 31.3. The molecular formula is C48H36F6O4. The number of rotatable bonds is 12. The van der Waals surface area contributed by atoms with Crippen molar-refractivity contribution in [1.29, 1.82) is 0 Å². The Morgan fingerprint density at radius 3 is 0.931 bits per heavy atom. The van der Waals surface area contributed by atoms with Crippen molar-refractivity contribution in [3.8, 4) is 46.0 Å². The van der Waals surface area contributed by atoms with E-state index >= 15 is 0 Å². The first-order valence-corrected chi connectivity index (χ1v) is 18.2. The number of ether oxygens (including phenoxy) is 4. The highest BCUT2D eigenvalue weighted by atomic mass is 19.4. The van der Waals surface area contributed by atoms with Crippen molar-refractivity contribution in [2.24, 2.45) is 0 Å². The van der Waals surface area contributed by atoms with E-state index in [9.17, 15) is 26.3 Å². The number of hydrogen-bond donors (Lipinski definition) is 0. The van der Waals surface area contributed by atoms with E-state index in [4.69, 9.17) is 18.9 Å². The predicted octanol–water partition coefficient (Wildman–Crippen LogP) is 14.5. The van der Waals surface area contributed by atoms with Crippen molar-refractivity contribution in [3.05, 3.63) is 203 Å². The summed E-state index contributed by atoms with van der Waals surface area (Å²) in [7, 11) is 0. The van der Waals surface area contributed by atoms with Gasteiger partial charge in [0.1, 0.15) is 46.0 Å². The quantitative estimate of drug-likeness (QED) is 0.116. The van der Waals surface area contributed by atoms with E-state index in [0.717, 1.165) is 76.5 Å². The Bertz CT molecular complexity index is 2410. The Kier molecular flexibility index (Phi) is 11.2. The lowest BCUT2D eigenvalue weighted by molar-refractivity contribution is -0.288. The lowest BCUT2D eigenvalue weighted by atomic mass is 9.73. The van der Waals surface area contributed by atoms with E-state index in [1.165, 1.54) is 0 Å². The van der Waals surface area contributed by atoms with E-state index in [1.54, 1.807) is 36.4 Å². The summed E-state index contributed by atoms with van der Waals surface area (Å²) in [5.41, 5.74) is -2.24. The molecule has 58 heavy (non-hydrogen) atoms. The van der Waals surface area contributed by atoms with Gasteiger partial charge in [0.2, 0.25) is 5.41 Å². The minimum absolute atomic E-state index is 0.0689. The number of alkyl halides is 6. The molecule has 0 heterocycles. The molecule has 0 aliphatic heterocycles. The van der Waals surface area contributed by atoms with E-state index in [0.29, 0.717) is 35.2 Å². The van der Waals surface area contributed by atoms with Crippen LogP contribution in [-0.2, 0) is 11.8 Å². The summed E-state index contributed by atoms with van der Waals surface area (Å²) in [6, 6.07) is 44.2. The molecule has 10 heteroatoms. The SMILES string of the molecule is Cc1ccc(Oc2ccc(C(c3ccc(Oc4ccc(Cc5ccc(Oc6cccc(Oc7ccc(C)cc7)c6)cc5)cc4)cc3)(C(F)(F)F)C(F)(F)F)cc2)cc1. The first kappa shape index (κ1) is 39.6. The standard InChI is InChI=1S/C48H36F6O4/c1-32-6-18-38(19-7-32)55-42-26-14-36(15-27-42)46(47(49,50)51,48(52,53)54)37-16-28-43(29-17-37)56-40-22-10-34(11-23-40)30-35-12-24-41(25-13-35)58-45-5-3-4-44(31-45)57-39-20-8-33(2)9-21-39/h3-29,31H,30H2,1-2H3. The largest absolute Gasteiger partial charge is 0.457 e. The summed E-state index contributed by atoms with van der Waals surface area (Å²) in [5, 5.41) is 0. The molecule has 7 aromatic rings. The molecule has 7 aromatic carbocycles. The highest BCUT2D eigenvalue weighted by Crippen LogP contribution is 2.56. The summed E-state index contributed by atoms with van der Waals surface area (Å²) in [5.74, 6) is 3.55. The molecule has 0 aliphatic carbocycles. The second-order valence-electron chi connectivity index (χ2n) is 13.8. The van der Waals surface area contributed by atoms with Crippen LogP contribution in [0.5, 0.6) is 46.0 Å². The van der Waals surface area contributed by atoms with Gasteiger partial charge in [0.05, 0.1) is 0 Å². The third-order valence-electron chi connectivity index (χ3n) is 9.47. The molecule has 0 saturated heterocycles. The normalized spacial score (nSPS) is 11.9. The molecule has 0 saturated carbocycles. The number of aryl methyl sites for hydroxylation is 2. The zero-order chi connectivity index (χ0) is 40.9. The minimum Gasteiger partial charge on any atom is -0.457 e. The Hall–Kier alpha value is -6.68. The van der Waals surface area contributed by atoms with Crippen molar-refractivity contribution >= 4 is 0 Å². The fraction of sp³-hybridized carbons (Fsp3) is 0.125. The number of hydrogen-bond acceptors (Lipinski definition) is 4. The van der Waals surface area contributed by atoms with E-state index in [1.807, 2.05) is 98.8 Å². The molecular weight excluding hydrogens is 755 g/mol. The van der Waals surface area contributed by atoms with Crippen molar-refractivity contribution in [1.82, 2.24) is 0 Å². The zero-order valence-electron chi connectivity index (χ0n) is 31.3. The van der Waals surface area contributed by atoms with Crippen LogP contribution in [0.25, 0.3) is 0 Å². The minimum atomic E-state index is -5.74. The van der Waals surface area contributed by atoms with Crippen LogP contribution in [0.15, 0.2) is 170 Å². The molecule has 294 valence electrons. The first-order valence-electron chi connectivity index (χ1n) is 18.2. The van der Waals surface area contributed by atoms with Crippen LogP contribution in [0.3, 0.4) is 0 Å². The molecule has 0 bridgehead atoms. The smallest absolute Gasteiger partial charge is 0.411 e. The van der Waals surface area contributed by atoms with E-state index in [-0.39, 0.29) is 11.5 Å². The van der Waals surface area contributed by atoms with Crippen LogP contribution in [0.4, 0.5) is 26.3 Å². The second kappa shape index (κ2) is 16.4. The molecule has 0 atom stereocenters. The molecule has 0 amide bonds. The fourth-order valence-corrected chi connectivity index (χ4v) is 6.47. The Morgan fingerprint density at radius 2 is 0.621 bits per heavy atom. The molecule has 7 rings (SSSR count). The summed E-state index contributed by atoms with van der Waals surface area (Å²) in [6.07, 6.45) is -10.9. The second-order valence-corrected chi connectivity index (χ2v) is 13.8. The van der Waals surface area contributed by atoms with Crippen molar-refractivity contribution < 1.29 is 45.3 Å². The van der Waals surface area contributed by atoms with Crippen LogP contribution in [0.1, 0.15) is 33.4 Å². The molecule has 0 fully saturated rings. The van der Waals surface area contributed by atoms with Crippen LogP contribution in [-0.4, -0.2) is 12.4 Å². The van der Waals surface area contributed by atoms with Crippen LogP contribution < -0.4 is 18.9 Å². The highest BCUT2D eigenvalue weighted by molar-refractivity contribution is 5.49. The highest BCUT2D eigenvalue weighted by Gasteiger charge is 2.72. The molecule has 0 N–H and O–H groups in total. The maximum absolute atomic E-state index is 14.8. The monoisotopic (exact) mass is 790 g/mol. The van der Waals surface area contributed by atoms with Crippen molar-refractivity contribution in [3.63, 3.8) is 0 Å². The lowest BCUT2D eigenvalue weighted by Gasteiger charge is -2.38. The topological polar surface area (TPSA) is 36.9 Å². The van der Waals surface area contributed by atoms with Gasteiger partial charge in [-0.2, -0.15) is 26.3 Å². The molecule has 0 unspecified atom stereocenters. The van der Waals surface area contributed by atoms with E-state index < -0.39 is 28.9 Å². The maximum Gasteiger partial charge on any atom is 0.411 e. The summed E-state index contributed by atoms with van der Waals surface area (Å²) < 4.78 is 112. The van der Waals surface area contributed by atoms with Crippen molar-refractivity contribution in [2.75, 3.05) is 0 Å². The van der Waals surface area contributed by atoms with E-state index in [2.05, 4.69) is 0 Å². The molecule has 0 aromatic heterocycles. The van der Waals surface area contributed by atoms with Gasteiger partial charge in [-0.1, -0.05) is 90.0 Å². The Balaban J connectivity index is 0.996. The fourth-order valence-electron chi connectivity index (χ4n) is 6.47. The third-order valence-corrected chi connectivity index (χ3v) is 9.47. The summed E-state index contributed by atoms with van der Waals surface area (Å²) in [4.78, 5) is 0. The van der Waals surface area contributed by atoms with Gasteiger partial charge >= 0.3 is 12.4 Å². The van der Waals surface area contributed by atoms with Gasteiger partial charge in [0.25, 0.3) is 0 Å². The van der Waals surface area contributed by atoms with Gasteiger partial charge < -0.3 is 18.9 Å². The first-order chi connectivity index (χ1) is 27.7. The molecule has 0 spiro atoms. The maximum atomic E-state index is 14.8. The van der Waals surface area contributed by atoms with Crippen LogP contribution in [0.2, 0.25) is 0 Å². The van der Waals surface area contributed by atoms with Gasteiger partial charge in [-0.3, -0.25) is 0 Å². The Labute approximate surface area is 331 Å². The molecule has 0 aliphatic rings. The van der Waals surface area contributed by atoms with Gasteiger partial charge in [-0.05, 0) is 127 Å². The van der Waals surface area contributed by atoms with Gasteiger partial charge in [-0.25, -0.2) is 0 Å². The average molecular weight is 791 g/mol. The van der Waals surface area contributed by atoms with Crippen molar-refractivity contribution in [2.45, 2.75) is 38.0 Å². The Morgan fingerprint density at radius 1 is 0.345 bits per heavy atom. The van der Waals surface area contributed by atoms with Gasteiger partial charge in [0.15, 0.2) is 0 Å². The summed E-state index contributed by atoms with van der Waals surface area (Å²) in [6.45, 7) is 3.88.